The predicted octanol–water partition coefficient (Wildman–Crippen LogP) is 1.02. The summed E-state index contributed by atoms with van der Waals surface area (Å²) in [6.45, 7) is 0. The Labute approximate surface area is 120 Å². The van der Waals surface area contributed by atoms with Crippen molar-refractivity contribution >= 4 is 23.4 Å². The summed E-state index contributed by atoms with van der Waals surface area (Å²) in [4.78, 5) is 19.2. The molecule has 3 rings (SSSR count). The van der Waals surface area contributed by atoms with E-state index in [0.717, 1.165) is 11.3 Å². The molecule has 0 spiro atoms. The fourth-order valence-electron chi connectivity index (χ4n) is 2.11. The second-order valence-electron chi connectivity index (χ2n) is 4.56. The molecule has 0 aliphatic carbocycles. The molecule has 0 bridgehead atoms. The number of aryl methyl sites for hydroxylation is 1. The van der Waals surface area contributed by atoms with Gasteiger partial charge in [0.1, 0.15) is 11.6 Å². The highest BCUT2D eigenvalue weighted by Crippen LogP contribution is 2.29. The minimum Gasteiger partial charge on any atom is -0.439 e. The topological polar surface area (TPSA) is 128 Å². The van der Waals surface area contributed by atoms with Crippen molar-refractivity contribution in [2.75, 3.05) is 16.5 Å². The molecule has 1 aliphatic heterocycles. The molecule has 2 heterocycles. The highest BCUT2D eigenvalue weighted by Gasteiger charge is 2.15. The van der Waals surface area contributed by atoms with Gasteiger partial charge >= 0.3 is 0 Å². The Bertz CT molecular complexity index is 703. The number of nitrogens with zero attached hydrogens (tertiary/aromatic N) is 2. The molecule has 108 valence electrons. The van der Waals surface area contributed by atoms with Crippen LogP contribution in [0.2, 0.25) is 0 Å². The number of benzene rings is 1. The quantitative estimate of drug-likeness (QED) is 0.490. The number of anilines is 3. The number of hydrogen-bond donors (Lipinski definition) is 4. The molecule has 8 nitrogen and oxygen atoms in total. The normalized spacial score (nSPS) is 13.3. The number of aromatic nitrogens is 2. The highest BCUT2D eigenvalue weighted by molar-refractivity contribution is 5.94. The molecular weight excluding hydrogens is 272 g/mol. The first kappa shape index (κ1) is 13.1. The number of ether oxygens (including phenoxy) is 1. The molecule has 8 heteroatoms. The third kappa shape index (κ3) is 2.84. The van der Waals surface area contributed by atoms with E-state index in [1.54, 1.807) is 12.1 Å². The molecule has 1 aromatic carbocycles. The van der Waals surface area contributed by atoms with E-state index in [1.807, 2.05) is 6.07 Å². The van der Waals surface area contributed by atoms with Crippen molar-refractivity contribution in [3.63, 3.8) is 0 Å². The first-order valence-corrected chi connectivity index (χ1v) is 6.36. The summed E-state index contributed by atoms with van der Waals surface area (Å²) >= 11 is 0. The Balaban J connectivity index is 1.85. The number of rotatable bonds is 3. The van der Waals surface area contributed by atoms with Crippen LogP contribution in [0, 0.1) is 0 Å². The van der Waals surface area contributed by atoms with Crippen LogP contribution >= 0.6 is 0 Å². The summed E-state index contributed by atoms with van der Waals surface area (Å²) in [7, 11) is 0. The fourth-order valence-corrected chi connectivity index (χ4v) is 2.11. The Kier molecular flexibility index (Phi) is 3.28. The van der Waals surface area contributed by atoms with Gasteiger partial charge in [0.05, 0.1) is 0 Å². The molecule has 6 N–H and O–H groups in total. The lowest BCUT2D eigenvalue weighted by Gasteiger charge is -2.17. The molecule has 1 aromatic heterocycles. The van der Waals surface area contributed by atoms with Crippen LogP contribution in [0.4, 0.5) is 17.5 Å². The molecule has 0 saturated carbocycles. The number of carbonyl (C=O) groups is 1. The molecule has 2 aromatic rings. The maximum absolute atomic E-state index is 11.3. The van der Waals surface area contributed by atoms with E-state index in [2.05, 4.69) is 20.7 Å². The van der Waals surface area contributed by atoms with E-state index in [0.29, 0.717) is 24.4 Å². The maximum Gasteiger partial charge on any atom is 0.226 e. The second kappa shape index (κ2) is 5.25. The summed E-state index contributed by atoms with van der Waals surface area (Å²) in [5.74, 6) is 6.63. The first-order valence-electron chi connectivity index (χ1n) is 6.36. The van der Waals surface area contributed by atoms with Gasteiger partial charge in [-0.15, -0.1) is 0 Å². The summed E-state index contributed by atoms with van der Waals surface area (Å²) in [6, 6.07) is 6.95. The van der Waals surface area contributed by atoms with Gasteiger partial charge in [-0.05, 0) is 30.2 Å². The minimum atomic E-state index is 0.0263. The van der Waals surface area contributed by atoms with E-state index >= 15 is 0 Å². The van der Waals surface area contributed by atoms with Crippen molar-refractivity contribution in [1.82, 2.24) is 9.97 Å². The summed E-state index contributed by atoms with van der Waals surface area (Å²) in [6.07, 6.45) is 1.15. The number of nitrogens with two attached hydrogens (primary N) is 2. The lowest BCUT2D eigenvalue weighted by atomic mass is 10.0. The minimum absolute atomic E-state index is 0.0263. The van der Waals surface area contributed by atoms with E-state index in [9.17, 15) is 4.79 Å². The van der Waals surface area contributed by atoms with Crippen LogP contribution in [0.3, 0.4) is 0 Å². The van der Waals surface area contributed by atoms with Crippen molar-refractivity contribution in [3.8, 4) is 11.6 Å². The Hall–Kier alpha value is -2.87. The van der Waals surface area contributed by atoms with Crippen LogP contribution < -0.4 is 27.1 Å². The Morgan fingerprint density at radius 2 is 2.10 bits per heavy atom. The first-order chi connectivity index (χ1) is 10.1. The van der Waals surface area contributed by atoms with Gasteiger partial charge in [0.2, 0.25) is 17.7 Å². The van der Waals surface area contributed by atoms with Gasteiger partial charge in [0.15, 0.2) is 0 Å². The van der Waals surface area contributed by atoms with Crippen LogP contribution in [0.5, 0.6) is 11.6 Å². The maximum atomic E-state index is 11.3. The molecule has 1 amide bonds. The number of amides is 1. The van der Waals surface area contributed by atoms with Crippen LogP contribution in [0.25, 0.3) is 0 Å². The van der Waals surface area contributed by atoms with Crippen molar-refractivity contribution in [2.24, 2.45) is 5.84 Å². The Morgan fingerprint density at radius 3 is 2.90 bits per heavy atom. The predicted molar refractivity (Wildman–Crippen MR) is 77.7 cm³/mol. The largest absolute Gasteiger partial charge is 0.439 e. The number of hydrazine groups is 1. The third-order valence-electron chi connectivity index (χ3n) is 3.06. The molecule has 0 fully saturated rings. The van der Waals surface area contributed by atoms with Gasteiger partial charge in [-0.2, -0.15) is 9.97 Å². The number of nitrogen functional groups attached to an aromatic ring is 2. The van der Waals surface area contributed by atoms with E-state index in [-0.39, 0.29) is 17.7 Å². The molecule has 21 heavy (non-hydrogen) atoms. The van der Waals surface area contributed by atoms with E-state index in [1.165, 1.54) is 6.07 Å². The van der Waals surface area contributed by atoms with Crippen molar-refractivity contribution in [3.05, 3.63) is 29.8 Å². The van der Waals surface area contributed by atoms with Gasteiger partial charge < -0.3 is 21.2 Å². The van der Waals surface area contributed by atoms with Crippen LogP contribution in [-0.2, 0) is 11.2 Å². The van der Waals surface area contributed by atoms with Crippen molar-refractivity contribution < 1.29 is 9.53 Å². The van der Waals surface area contributed by atoms with Crippen LogP contribution in [0.1, 0.15) is 12.0 Å². The van der Waals surface area contributed by atoms with Gasteiger partial charge in [0, 0.05) is 18.2 Å². The molecule has 0 unspecified atom stereocenters. The molecule has 1 aliphatic rings. The lowest BCUT2D eigenvalue weighted by molar-refractivity contribution is -0.116. The Morgan fingerprint density at radius 1 is 1.24 bits per heavy atom. The smallest absolute Gasteiger partial charge is 0.226 e. The zero-order valence-corrected chi connectivity index (χ0v) is 11.1. The van der Waals surface area contributed by atoms with Crippen molar-refractivity contribution in [1.29, 1.82) is 0 Å². The van der Waals surface area contributed by atoms with Crippen LogP contribution in [0.15, 0.2) is 24.3 Å². The monoisotopic (exact) mass is 286 g/mol. The number of fused-ring (bicyclic) bond motifs is 1. The van der Waals surface area contributed by atoms with Gasteiger partial charge in [0.25, 0.3) is 0 Å². The zero-order chi connectivity index (χ0) is 14.8. The average Bonchev–Trinajstić information content (AvgIpc) is 2.47. The van der Waals surface area contributed by atoms with Crippen molar-refractivity contribution in [2.45, 2.75) is 12.8 Å². The molecular formula is C13H14N6O2. The number of carbonyl (C=O) groups excluding carboxylic acids is 1. The molecule has 0 saturated heterocycles. The van der Waals surface area contributed by atoms with Gasteiger partial charge in [-0.1, -0.05) is 0 Å². The van der Waals surface area contributed by atoms with Crippen LogP contribution in [-0.4, -0.2) is 15.9 Å². The standard InChI is InChI=1S/C13H14N6O2/c14-13-17-10(19-15)6-12(18-13)21-8-2-3-9-7(5-8)1-4-11(20)16-9/h2-3,5-6H,1,4,15H2,(H,16,20)(H3,14,17,18,19). The zero-order valence-electron chi connectivity index (χ0n) is 11.1. The SMILES string of the molecule is NNc1cc(Oc2ccc3c(c2)CCC(=O)N3)nc(N)n1. The van der Waals surface area contributed by atoms with Gasteiger partial charge in [-0.3, -0.25) is 4.79 Å². The third-order valence-corrected chi connectivity index (χ3v) is 3.06. The summed E-state index contributed by atoms with van der Waals surface area (Å²) < 4.78 is 5.66. The average molecular weight is 286 g/mol. The summed E-state index contributed by atoms with van der Waals surface area (Å²) in [5, 5.41) is 2.81. The highest BCUT2D eigenvalue weighted by atomic mass is 16.5. The molecule has 0 atom stereocenters. The van der Waals surface area contributed by atoms with E-state index in [4.69, 9.17) is 16.3 Å². The lowest BCUT2D eigenvalue weighted by Crippen LogP contribution is -2.18. The molecule has 0 radical (unpaired) electrons. The number of hydrogen-bond acceptors (Lipinski definition) is 7. The summed E-state index contributed by atoms with van der Waals surface area (Å²) in [5.41, 5.74) is 9.79. The van der Waals surface area contributed by atoms with E-state index < -0.39 is 0 Å². The van der Waals surface area contributed by atoms with Gasteiger partial charge in [-0.25, -0.2) is 5.84 Å². The second-order valence-corrected chi connectivity index (χ2v) is 4.56. The number of nitrogens with one attached hydrogen (secondary N) is 2. The fraction of sp³-hybridized carbons (Fsp3) is 0.154.